The summed E-state index contributed by atoms with van der Waals surface area (Å²) in [5, 5.41) is 0.916. The van der Waals surface area contributed by atoms with E-state index >= 15 is 0 Å². The number of nitrogens with one attached hydrogen (secondary N) is 1. The lowest BCUT2D eigenvalue weighted by Gasteiger charge is -2.35. The Kier molecular flexibility index (Phi) is 5.21. The summed E-state index contributed by atoms with van der Waals surface area (Å²) in [5.41, 5.74) is 2.84. The number of aromatic nitrogens is 1. The summed E-state index contributed by atoms with van der Waals surface area (Å²) in [6.45, 7) is 3.92. The van der Waals surface area contributed by atoms with E-state index in [2.05, 4.69) is 26.9 Å². The minimum Gasteiger partial charge on any atom is -0.497 e. The molecule has 3 aromatic rings. The predicted molar refractivity (Wildman–Crippen MR) is 111 cm³/mol. The summed E-state index contributed by atoms with van der Waals surface area (Å²) >= 11 is 0. The van der Waals surface area contributed by atoms with Crippen molar-refractivity contribution in [1.29, 1.82) is 0 Å². The van der Waals surface area contributed by atoms with Crippen LogP contribution in [0, 0.1) is 0 Å². The minimum absolute atomic E-state index is 0.134. The van der Waals surface area contributed by atoms with Crippen LogP contribution in [-0.2, 0) is 0 Å². The van der Waals surface area contributed by atoms with Gasteiger partial charge in [-0.3, -0.25) is 9.69 Å². The molecule has 0 spiro atoms. The van der Waals surface area contributed by atoms with Gasteiger partial charge in [-0.15, -0.1) is 0 Å². The van der Waals surface area contributed by atoms with E-state index in [1.165, 1.54) is 0 Å². The smallest absolute Gasteiger partial charge is 0.178 e. The first-order valence-corrected chi connectivity index (χ1v) is 9.47. The van der Waals surface area contributed by atoms with Crippen molar-refractivity contribution in [2.45, 2.75) is 0 Å². The number of hydrogen-bond acceptors (Lipinski definition) is 5. The SMILES string of the molecule is COc1cccc(N2CCN(CC(=O)c3c[nH]c4ccc(OC)cc34)CC2)c1. The molecule has 1 aromatic heterocycles. The van der Waals surface area contributed by atoms with Crippen molar-refractivity contribution < 1.29 is 14.3 Å². The summed E-state index contributed by atoms with van der Waals surface area (Å²) in [5.74, 6) is 1.76. The number of carbonyl (C=O) groups excluding carboxylic acids is 1. The normalized spacial score (nSPS) is 15.0. The zero-order valence-corrected chi connectivity index (χ0v) is 16.3. The van der Waals surface area contributed by atoms with Crippen LogP contribution in [-0.4, -0.2) is 62.6 Å². The maximum absolute atomic E-state index is 12.9. The van der Waals surface area contributed by atoms with Gasteiger partial charge < -0.3 is 19.4 Å². The molecule has 0 radical (unpaired) electrons. The number of aromatic amines is 1. The molecule has 1 fully saturated rings. The molecule has 2 heterocycles. The predicted octanol–water partition coefficient (Wildman–Crippen LogP) is 3.19. The van der Waals surface area contributed by atoms with Crippen molar-refractivity contribution in [2.24, 2.45) is 0 Å². The van der Waals surface area contributed by atoms with Gasteiger partial charge in [-0.25, -0.2) is 0 Å². The van der Waals surface area contributed by atoms with Gasteiger partial charge in [-0.1, -0.05) is 6.07 Å². The van der Waals surface area contributed by atoms with Gasteiger partial charge in [0.15, 0.2) is 5.78 Å². The molecule has 0 aliphatic carbocycles. The Bertz CT molecular complexity index is 974. The molecule has 0 atom stereocenters. The first-order chi connectivity index (χ1) is 13.7. The molecule has 1 aliphatic heterocycles. The van der Waals surface area contributed by atoms with Crippen molar-refractivity contribution >= 4 is 22.4 Å². The van der Waals surface area contributed by atoms with Gasteiger partial charge in [0.05, 0.1) is 20.8 Å². The van der Waals surface area contributed by atoms with Crippen LogP contribution in [0.2, 0.25) is 0 Å². The summed E-state index contributed by atoms with van der Waals surface area (Å²) in [7, 11) is 3.32. The fourth-order valence-electron chi connectivity index (χ4n) is 3.72. The number of Topliss-reactive ketones (excluding diaryl/α,β-unsaturated/α-hetero) is 1. The Morgan fingerprint density at radius 3 is 2.50 bits per heavy atom. The van der Waals surface area contributed by atoms with Gasteiger partial charge in [0.25, 0.3) is 0 Å². The lowest BCUT2D eigenvalue weighted by atomic mass is 10.1. The summed E-state index contributed by atoms with van der Waals surface area (Å²) < 4.78 is 10.6. The first-order valence-electron chi connectivity index (χ1n) is 9.47. The zero-order valence-electron chi connectivity index (χ0n) is 16.3. The second kappa shape index (κ2) is 7.94. The van der Waals surface area contributed by atoms with E-state index in [0.29, 0.717) is 6.54 Å². The largest absolute Gasteiger partial charge is 0.497 e. The zero-order chi connectivity index (χ0) is 19.5. The lowest BCUT2D eigenvalue weighted by Crippen LogP contribution is -2.48. The number of methoxy groups -OCH3 is 2. The van der Waals surface area contributed by atoms with Crippen LogP contribution in [0.3, 0.4) is 0 Å². The van der Waals surface area contributed by atoms with Crippen LogP contribution in [0.25, 0.3) is 10.9 Å². The number of fused-ring (bicyclic) bond motifs is 1. The Morgan fingerprint density at radius 2 is 1.75 bits per heavy atom. The molecule has 6 heteroatoms. The monoisotopic (exact) mass is 379 g/mol. The molecule has 6 nitrogen and oxygen atoms in total. The molecular formula is C22H25N3O3. The van der Waals surface area contributed by atoms with Gasteiger partial charge in [0.2, 0.25) is 0 Å². The van der Waals surface area contributed by atoms with Crippen molar-refractivity contribution in [3.05, 3.63) is 54.2 Å². The van der Waals surface area contributed by atoms with Gasteiger partial charge >= 0.3 is 0 Å². The maximum atomic E-state index is 12.9. The molecule has 1 N–H and O–H groups in total. The number of rotatable bonds is 6. The van der Waals surface area contributed by atoms with Crippen LogP contribution in [0.1, 0.15) is 10.4 Å². The number of nitrogens with zero attached hydrogens (tertiary/aromatic N) is 2. The number of H-pyrrole nitrogens is 1. The van der Waals surface area contributed by atoms with Crippen LogP contribution in [0.15, 0.2) is 48.7 Å². The quantitative estimate of drug-likeness (QED) is 0.667. The molecule has 0 amide bonds. The highest BCUT2D eigenvalue weighted by Crippen LogP contribution is 2.25. The Morgan fingerprint density at radius 1 is 1.00 bits per heavy atom. The molecule has 2 aromatic carbocycles. The second-order valence-electron chi connectivity index (χ2n) is 7.00. The molecular weight excluding hydrogens is 354 g/mol. The van der Waals surface area contributed by atoms with Crippen LogP contribution in [0.5, 0.6) is 11.5 Å². The maximum Gasteiger partial charge on any atom is 0.178 e. The van der Waals surface area contributed by atoms with E-state index in [9.17, 15) is 4.79 Å². The number of piperazine rings is 1. The minimum atomic E-state index is 0.134. The first kappa shape index (κ1) is 18.4. The van der Waals surface area contributed by atoms with E-state index in [4.69, 9.17) is 9.47 Å². The number of ketones is 1. The summed E-state index contributed by atoms with van der Waals surface area (Å²) in [4.78, 5) is 20.6. The topological polar surface area (TPSA) is 57.8 Å². The van der Waals surface area contributed by atoms with Crippen molar-refractivity contribution in [1.82, 2.24) is 9.88 Å². The Balaban J connectivity index is 1.40. The lowest BCUT2D eigenvalue weighted by molar-refractivity contribution is 0.0928. The van der Waals surface area contributed by atoms with E-state index < -0.39 is 0 Å². The van der Waals surface area contributed by atoms with Crippen molar-refractivity contribution in [3.63, 3.8) is 0 Å². The third-order valence-corrected chi connectivity index (χ3v) is 5.35. The van der Waals surface area contributed by atoms with E-state index in [-0.39, 0.29) is 5.78 Å². The third kappa shape index (κ3) is 3.68. The molecule has 0 bridgehead atoms. The highest BCUT2D eigenvalue weighted by molar-refractivity contribution is 6.09. The van der Waals surface area contributed by atoms with Crippen LogP contribution >= 0.6 is 0 Å². The average molecular weight is 379 g/mol. The van der Waals surface area contributed by atoms with Gasteiger partial charge in [-0.05, 0) is 30.3 Å². The van der Waals surface area contributed by atoms with Crippen molar-refractivity contribution in [2.75, 3.05) is 51.8 Å². The highest BCUT2D eigenvalue weighted by atomic mass is 16.5. The molecule has 0 saturated carbocycles. The third-order valence-electron chi connectivity index (χ3n) is 5.35. The standard InChI is InChI=1S/C22H25N3O3/c1-27-17-5-3-4-16(12-17)25-10-8-24(9-11-25)15-22(26)20-14-23-21-7-6-18(28-2)13-19(20)21/h3-7,12-14,23H,8-11,15H2,1-2H3. The summed E-state index contributed by atoms with van der Waals surface area (Å²) in [6.07, 6.45) is 1.80. The van der Waals surface area contributed by atoms with Crippen molar-refractivity contribution in [3.8, 4) is 11.5 Å². The highest BCUT2D eigenvalue weighted by Gasteiger charge is 2.21. The molecule has 4 rings (SSSR count). The molecule has 146 valence electrons. The summed E-state index contributed by atoms with van der Waals surface area (Å²) in [6, 6.07) is 13.9. The van der Waals surface area contributed by atoms with Gasteiger partial charge in [0.1, 0.15) is 11.5 Å². The van der Waals surface area contributed by atoms with Gasteiger partial charge in [-0.2, -0.15) is 0 Å². The molecule has 1 saturated heterocycles. The van der Waals surface area contributed by atoms with E-state index in [0.717, 1.165) is 59.8 Å². The number of anilines is 1. The van der Waals surface area contributed by atoms with E-state index in [1.54, 1.807) is 20.4 Å². The molecule has 1 aliphatic rings. The fourth-order valence-corrected chi connectivity index (χ4v) is 3.72. The van der Waals surface area contributed by atoms with Gasteiger partial charge in [0, 0.05) is 60.6 Å². The Hall–Kier alpha value is -2.99. The number of ether oxygens (including phenoxy) is 2. The number of hydrogen-bond donors (Lipinski definition) is 1. The van der Waals surface area contributed by atoms with Crippen LogP contribution in [0.4, 0.5) is 5.69 Å². The molecule has 0 unspecified atom stereocenters. The Labute approximate surface area is 164 Å². The van der Waals surface area contributed by atoms with Crippen LogP contribution < -0.4 is 14.4 Å². The number of benzene rings is 2. The second-order valence-corrected chi connectivity index (χ2v) is 7.00. The number of carbonyl (C=O) groups is 1. The average Bonchev–Trinajstić information content (AvgIpc) is 3.17. The van der Waals surface area contributed by atoms with E-state index in [1.807, 2.05) is 30.3 Å². The fraction of sp³-hybridized carbons (Fsp3) is 0.318. The molecule has 28 heavy (non-hydrogen) atoms.